The first-order valence-electron chi connectivity index (χ1n) is 6.47. The highest BCUT2D eigenvalue weighted by Gasteiger charge is 2.21. The van der Waals surface area contributed by atoms with Gasteiger partial charge in [0.25, 0.3) is 0 Å². The van der Waals surface area contributed by atoms with Gasteiger partial charge in [-0.2, -0.15) is 0 Å². The minimum atomic E-state index is -3.59. The minimum absolute atomic E-state index is 0.178. The van der Waals surface area contributed by atoms with Crippen LogP contribution in [0.3, 0.4) is 0 Å². The molecule has 0 spiro atoms. The molecular formula is C15H21NO4S. The molecule has 116 valence electrons. The largest absolute Gasteiger partial charge is 0.384 e. The van der Waals surface area contributed by atoms with Gasteiger partial charge in [0, 0.05) is 19.2 Å². The number of hydrogen-bond acceptors (Lipinski definition) is 4. The molecule has 0 saturated heterocycles. The number of aryl methyl sites for hydroxylation is 1. The Kier molecular flexibility index (Phi) is 5.93. The van der Waals surface area contributed by atoms with E-state index < -0.39 is 15.6 Å². The second kappa shape index (κ2) is 7.05. The number of methoxy groups -OCH3 is 1. The van der Waals surface area contributed by atoms with Gasteiger partial charge in [0.05, 0.1) is 10.5 Å². The van der Waals surface area contributed by atoms with E-state index in [1.54, 1.807) is 32.9 Å². The molecule has 5 nitrogen and oxygen atoms in total. The summed E-state index contributed by atoms with van der Waals surface area (Å²) in [7, 11) is -2.06. The normalized spacial score (nSPS) is 11.9. The van der Waals surface area contributed by atoms with Crippen molar-refractivity contribution in [2.45, 2.75) is 31.3 Å². The third-order valence-electron chi connectivity index (χ3n) is 3.05. The number of aliphatic hydroxyl groups excluding tert-OH is 1. The van der Waals surface area contributed by atoms with Crippen molar-refractivity contribution in [2.75, 3.05) is 20.3 Å². The molecule has 2 N–H and O–H groups in total. The summed E-state index contributed by atoms with van der Waals surface area (Å²) in [5.41, 5.74) is 0.860. The molecule has 1 rings (SSSR count). The Labute approximate surface area is 126 Å². The number of aliphatic hydroxyl groups is 1. The van der Waals surface area contributed by atoms with E-state index in [0.29, 0.717) is 5.56 Å². The van der Waals surface area contributed by atoms with Gasteiger partial charge >= 0.3 is 0 Å². The average Bonchev–Trinajstić information content (AvgIpc) is 2.44. The van der Waals surface area contributed by atoms with Crippen molar-refractivity contribution in [3.8, 4) is 11.8 Å². The summed E-state index contributed by atoms with van der Waals surface area (Å²) in [5.74, 6) is 5.31. The third-order valence-corrected chi connectivity index (χ3v) is 4.45. The van der Waals surface area contributed by atoms with E-state index in [1.165, 1.54) is 13.2 Å². The molecule has 0 heterocycles. The second-order valence-corrected chi connectivity index (χ2v) is 6.99. The first-order valence-corrected chi connectivity index (χ1v) is 7.95. The molecule has 0 aromatic heterocycles. The molecule has 21 heavy (non-hydrogen) atoms. The van der Waals surface area contributed by atoms with Crippen LogP contribution < -0.4 is 4.72 Å². The van der Waals surface area contributed by atoms with Crippen molar-refractivity contribution in [2.24, 2.45) is 0 Å². The van der Waals surface area contributed by atoms with Gasteiger partial charge in [0.2, 0.25) is 10.0 Å². The van der Waals surface area contributed by atoms with Gasteiger partial charge in [0.1, 0.15) is 6.61 Å². The molecule has 1 aromatic carbocycles. The van der Waals surface area contributed by atoms with Gasteiger partial charge in [-0.3, -0.25) is 0 Å². The minimum Gasteiger partial charge on any atom is -0.384 e. The maximum absolute atomic E-state index is 12.2. The third kappa shape index (κ3) is 5.14. The predicted molar refractivity (Wildman–Crippen MR) is 81.4 cm³/mol. The Balaban J connectivity index is 2.97. The Morgan fingerprint density at radius 3 is 2.57 bits per heavy atom. The number of benzene rings is 1. The highest BCUT2D eigenvalue weighted by Crippen LogP contribution is 2.16. The van der Waals surface area contributed by atoms with Crippen LogP contribution in [0.1, 0.15) is 25.0 Å². The van der Waals surface area contributed by atoms with Crippen LogP contribution in [0.25, 0.3) is 0 Å². The maximum atomic E-state index is 12.2. The molecule has 6 heteroatoms. The van der Waals surface area contributed by atoms with Crippen molar-refractivity contribution >= 4 is 10.0 Å². The topological polar surface area (TPSA) is 75.6 Å². The number of rotatable bonds is 5. The number of nitrogens with one attached hydrogen (secondary N) is 1. The highest BCUT2D eigenvalue weighted by molar-refractivity contribution is 7.89. The molecule has 0 bridgehead atoms. The van der Waals surface area contributed by atoms with Crippen LogP contribution >= 0.6 is 0 Å². The molecule has 0 unspecified atom stereocenters. The fourth-order valence-corrected chi connectivity index (χ4v) is 2.79. The van der Waals surface area contributed by atoms with Crippen molar-refractivity contribution in [3.05, 3.63) is 29.3 Å². The Hall–Kier alpha value is -1.39. The smallest absolute Gasteiger partial charge is 0.240 e. The lowest BCUT2D eigenvalue weighted by atomic mass is 10.1. The molecule has 0 aliphatic carbocycles. The quantitative estimate of drug-likeness (QED) is 0.797. The second-order valence-electron chi connectivity index (χ2n) is 5.22. The lowest BCUT2D eigenvalue weighted by molar-refractivity contribution is 0.0276. The first-order chi connectivity index (χ1) is 9.72. The first kappa shape index (κ1) is 17.7. The highest BCUT2D eigenvalue weighted by atomic mass is 32.2. The Bertz CT molecular complexity index is 654. The number of ether oxygens (including phenoxy) is 1. The van der Waals surface area contributed by atoms with E-state index in [0.717, 1.165) is 5.56 Å². The standard InChI is InChI=1S/C15H21NO4S/c1-12-10-14(8-7-13(12)6-5-9-17)21(18,19)16-11-15(2,3)20-4/h7-8,10,16-17H,9,11H2,1-4H3. The zero-order valence-corrected chi connectivity index (χ0v) is 13.5. The van der Waals surface area contributed by atoms with E-state index in [1.807, 2.05) is 0 Å². The molecule has 0 aliphatic rings. The Morgan fingerprint density at radius 2 is 2.05 bits per heavy atom. The van der Waals surface area contributed by atoms with Crippen LogP contribution in [0, 0.1) is 18.8 Å². The molecule has 1 aromatic rings. The monoisotopic (exact) mass is 311 g/mol. The van der Waals surface area contributed by atoms with Crippen molar-refractivity contribution in [1.82, 2.24) is 4.72 Å². The predicted octanol–water partition coefficient (Wildman–Crippen LogP) is 1.04. The summed E-state index contributed by atoms with van der Waals surface area (Å²) in [5, 5.41) is 8.68. The molecule has 0 radical (unpaired) electrons. The summed E-state index contributed by atoms with van der Waals surface area (Å²) < 4.78 is 32.2. The van der Waals surface area contributed by atoms with Gasteiger partial charge in [-0.25, -0.2) is 13.1 Å². The maximum Gasteiger partial charge on any atom is 0.240 e. The van der Waals surface area contributed by atoms with Gasteiger partial charge < -0.3 is 9.84 Å². The van der Waals surface area contributed by atoms with E-state index >= 15 is 0 Å². The Morgan fingerprint density at radius 1 is 1.38 bits per heavy atom. The zero-order chi connectivity index (χ0) is 16.1. The summed E-state index contributed by atoms with van der Waals surface area (Å²) in [6.45, 7) is 5.33. The van der Waals surface area contributed by atoms with E-state index in [4.69, 9.17) is 9.84 Å². The summed E-state index contributed by atoms with van der Waals surface area (Å²) in [6, 6.07) is 4.69. The fraction of sp³-hybridized carbons (Fsp3) is 0.467. The van der Waals surface area contributed by atoms with Crippen LogP contribution in [0.2, 0.25) is 0 Å². The average molecular weight is 311 g/mol. The van der Waals surface area contributed by atoms with Gasteiger partial charge in [-0.05, 0) is 44.5 Å². The molecule has 0 aliphatic heterocycles. The van der Waals surface area contributed by atoms with E-state index in [9.17, 15) is 8.42 Å². The van der Waals surface area contributed by atoms with E-state index in [-0.39, 0.29) is 18.0 Å². The molecule has 0 saturated carbocycles. The van der Waals surface area contributed by atoms with Crippen LogP contribution in [0.15, 0.2) is 23.1 Å². The molecule has 0 amide bonds. The van der Waals surface area contributed by atoms with Gasteiger partial charge in [0.15, 0.2) is 0 Å². The van der Waals surface area contributed by atoms with Crippen molar-refractivity contribution in [3.63, 3.8) is 0 Å². The lowest BCUT2D eigenvalue weighted by Gasteiger charge is -2.23. The van der Waals surface area contributed by atoms with Crippen LogP contribution in [0.5, 0.6) is 0 Å². The van der Waals surface area contributed by atoms with Crippen LogP contribution in [0.4, 0.5) is 0 Å². The van der Waals surface area contributed by atoms with Gasteiger partial charge in [-0.15, -0.1) is 0 Å². The fourth-order valence-electron chi connectivity index (χ4n) is 1.50. The molecular weight excluding hydrogens is 290 g/mol. The van der Waals surface area contributed by atoms with Crippen LogP contribution in [-0.2, 0) is 14.8 Å². The lowest BCUT2D eigenvalue weighted by Crippen LogP contribution is -2.39. The van der Waals surface area contributed by atoms with E-state index in [2.05, 4.69) is 16.6 Å². The van der Waals surface area contributed by atoms with Gasteiger partial charge in [-0.1, -0.05) is 11.8 Å². The zero-order valence-electron chi connectivity index (χ0n) is 12.7. The SMILES string of the molecule is COC(C)(C)CNS(=O)(=O)c1ccc(C#CCO)c(C)c1. The summed E-state index contributed by atoms with van der Waals surface area (Å²) >= 11 is 0. The summed E-state index contributed by atoms with van der Waals surface area (Å²) in [6.07, 6.45) is 0. The molecule has 0 fully saturated rings. The summed E-state index contributed by atoms with van der Waals surface area (Å²) in [4.78, 5) is 0.182. The van der Waals surface area contributed by atoms with Crippen molar-refractivity contribution < 1.29 is 18.3 Å². The van der Waals surface area contributed by atoms with Crippen LogP contribution in [-0.4, -0.2) is 39.4 Å². The number of hydrogen-bond donors (Lipinski definition) is 2. The number of sulfonamides is 1. The molecule has 0 atom stereocenters. The van der Waals surface area contributed by atoms with Crippen molar-refractivity contribution in [1.29, 1.82) is 0 Å².